The maximum atomic E-state index is 13.0. The molecule has 0 aliphatic heterocycles. The van der Waals surface area contributed by atoms with E-state index in [2.05, 4.69) is 6.92 Å². The Labute approximate surface area is 107 Å². The van der Waals surface area contributed by atoms with Gasteiger partial charge in [0.25, 0.3) is 0 Å². The Morgan fingerprint density at radius 3 is 2.76 bits per heavy atom. The maximum Gasteiger partial charge on any atom is 0.141 e. The molecule has 0 saturated heterocycles. The summed E-state index contributed by atoms with van der Waals surface area (Å²) in [7, 11) is 1.68. The van der Waals surface area contributed by atoms with Gasteiger partial charge in [0.2, 0.25) is 0 Å². The van der Waals surface area contributed by atoms with E-state index < -0.39 is 5.82 Å². The summed E-state index contributed by atoms with van der Waals surface area (Å²) < 4.78 is 18.0. The standard InChI is InChI=1S/C13H19ClFNO/c1-9(8-17-2)5-11(16)6-10-3-4-13(15)12(14)7-10/h3-4,7,9,11H,5-6,8,16H2,1-2H3. The van der Waals surface area contributed by atoms with E-state index in [1.165, 1.54) is 6.07 Å². The van der Waals surface area contributed by atoms with E-state index in [0.717, 1.165) is 12.0 Å². The van der Waals surface area contributed by atoms with Gasteiger partial charge in [-0.3, -0.25) is 0 Å². The van der Waals surface area contributed by atoms with Crippen LogP contribution in [-0.2, 0) is 11.2 Å². The molecule has 0 aliphatic carbocycles. The first-order chi connectivity index (χ1) is 8.02. The van der Waals surface area contributed by atoms with E-state index in [0.29, 0.717) is 18.9 Å². The molecule has 0 spiro atoms. The van der Waals surface area contributed by atoms with Crippen LogP contribution >= 0.6 is 11.6 Å². The summed E-state index contributed by atoms with van der Waals surface area (Å²) in [6.45, 7) is 2.80. The summed E-state index contributed by atoms with van der Waals surface area (Å²) in [6, 6.07) is 4.78. The predicted octanol–water partition coefficient (Wildman–Crippen LogP) is 3.02. The van der Waals surface area contributed by atoms with Crippen molar-refractivity contribution in [3.05, 3.63) is 34.6 Å². The highest BCUT2D eigenvalue weighted by atomic mass is 35.5. The summed E-state index contributed by atoms with van der Waals surface area (Å²) >= 11 is 5.72. The van der Waals surface area contributed by atoms with Crippen molar-refractivity contribution < 1.29 is 9.13 Å². The molecule has 2 unspecified atom stereocenters. The normalized spacial score (nSPS) is 14.6. The lowest BCUT2D eigenvalue weighted by Crippen LogP contribution is -2.26. The molecule has 0 fully saturated rings. The molecule has 0 aliphatic rings. The molecule has 0 amide bonds. The largest absolute Gasteiger partial charge is 0.384 e. The highest BCUT2D eigenvalue weighted by Gasteiger charge is 2.10. The quantitative estimate of drug-likeness (QED) is 0.852. The van der Waals surface area contributed by atoms with E-state index >= 15 is 0 Å². The number of halogens is 2. The van der Waals surface area contributed by atoms with Crippen molar-refractivity contribution in [3.8, 4) is 0 Å². The van der Waals surface area contributed by atoms with Crippen molar-refractivity contribution in [2.45, 2.75) is 25.8 Å². The van der Waals surface area contributed by atoms with Crippen LogP contribution in [0.4, 0.5) is 4.39 Å². The molecular formula is C13H19ClFNO. The monoisotopic (exact) mass is 259 g/mol. The summed E-state index contributed by atoms with van der Waals surface area (Å²) in [5.41, 5.74) is 7.00. The second kappa shape index (κ2) is 6.94. The predicted molar refractivity (Wildman–Crippen MR) is 68.7 cm³/mol. The van der Waals surface area contributed by atoms with Crippen LogP contribution in [0, 0.1) is 11.7 Å². The van der Waals surface area contributed by atoms with Crippen molar-refractivity contribution in [2.24, 2.45) is 11.7 Å². The van der Waals surface area contributed by atoms with Crippen molar-refractivity contribution in [1.82, 2.24) is 0 Å². The summed E-state index contributed by atoms with van der Waals surface area (Å²) in [6.07, 6.45) is 1.58. The van der Waals surface area contributed by atoms with Gasteiger partial charge in [-0.2, -0.15) is 0 Å². The number of nitrogens with two attached hydrogens (primary N) is 1. The second-order valence-electron chi connectivity index (χ2n) is 4.51. The Bertz CT molecular complexity index is 359. The first-order valence-electron chi connectivity index (χ1n) is 5.71. The van der Waals surface area contributed by atoms with Crippen LogP contribution < -0.4 is 5.73 Å². The van der Waals surface area contributed by atoms with Crippen LogP contribution in [0.5, 0.6) is 0 Å². The zero-order chi connectivity index (χ0) is 12.8. The Kier molecular flexibility index (Phi) is 5.89. The van der Waals surface area contributed by atoms with E-state index in [4.69, 9.17) is 22.1 Å². The molecule has 1 rings (SSSR count). The van der Waals surface area contributed by atoms with Crippen LogP contribution in [-0.4, -0.2) is 19.8 Å². The Hall–Kier alpha value is -0.640. The van der Waals surface area contributed by atoms with Gasteiger partial charge in [0.05, 0.1) is 5.02 Å². The molecule has 0 heterocycles. The number of hydrogen-bond acceptors (Lipinski definition) is 2. The zero-order valence-electron chi connectivity index (χ0n) is 10.2. The number of hydrogen-bond donors (Lipinski definition) is 1. The highest BCUT2D eigenvalue weighted by molar-refractivity contribution is 6.30. The first-order valence-corrected chi connectivity index (χ1v) is 6.09. The fourth-order valence-electron chi connectivity index (χ4n) is 1.92. The molecule has 0 bridgehead atoms. The van der Waals surface area contributed by atoms with Gasteiger partial charge in [0, 0.05) is 19.8 Å². The molecule has 1 aromatic rings. The van der Waals surface area contributed by atoms with Gasteiger partial charge in [-0.25, -0.2) is 4.39 Å². The van der Waals surface area contributed by atoms with Gasteiger partial charge in [-0.15, -0.1) is 0 Å². The van der Waals surface area contributed by atoms with E-state index in [-0.39, 0.29) is 11.1 Å². The zero-order valence-corrected chi connectivity index (χ0v) is 11.0. The number of rotatable bonds is 6. The van der Waals surface area contributed by atoms with E-state index in [1.54, 1.807) is 19.2 Å². The maximum absolute atomic E-state index is 13.0. The van der Waals surface area contributed by atoms with Crippen LogP contribution in [0.3, 0.4) is 0 Å². The van der Waals surface area contributed by atoms with E-state index in [9.17, 15) is 4.39 Å². The Balaban J connectivity index is 2.50. The van der Waals surface area contributed by atoms with Gasteiger partial charge in [0.1, 0.15) is 5.82 Å². The molecule has 0 radical (unpaired) electrons. The van der Waals surface area contributed by atoms with Crippen molar-refractivity contribution in [3.63, 3.8) is 0 Å². The Morgan fingerprint density at radius 1 is 1.47 bits per heavy atom. The molecule has 0 aromatic heterocycles. The fourth-order valence-corrected chi connectivity index (χ4v) is 2.13. The lowest BCUT2D eigenvalue weighted by Gasteiger charge is -2.16. The molecule has 2 N–H and O–H groups in total. The topological polar surface area (TPSA) is 35.2 Å². The van der Waals surface area contributed by atoms with E-state index in [1.807, 2.05) is 0 Å². The third kappa shape index (κ3) is 5.02. The summed E-state index contributed by atoms with van der Waals surface area (Å²) in [5.74, 6) is 0.0302. The van der Waals surface area contributed by atoms with Crippen LogP contribution in [0.2, 0.25) is 5.02 Å². The number of ether oxygens (including phenoxy) is 1. The molecule has 96 valence electrons. The molecule has 2 atom stereocenters. The highest BCUT2D eigenvalue weighted by Crippen LogP contribution is 2.18. The molecule has 4 heteroatoms. The molecular weight excluding hydrogens is 241 g/mol. The lowest BCUT2D eigenvalue weighted by atomic mass is 9.97. The average Bonchev–Trinajstić information content (AvgIpc) is 2.23. The minimum absolute atomic E-state index is 0.0432. The van der Waals surface area contributed by atoms with Gasteiger partial charge in [-0.05, 0) is 36.5 Å². The lowest BCUT2D eigenvalue weighted by molar-refractivity contribution is 0.152. The molecule has 0 saturated carbocycles. The minimum Gasteiger partial charge on any atom is -0.384 e. The van der Waals surface area contributed by atoms with Crippen molar-refractivity contribution >= 4 is 11.6 Å². The summed E-state index contributed by atoms with van der Waals surface area (Å²) in [4.78, 5) is 0. The Morgan fingerprint density at radius 2 is 2.18 bits per heavy atom. The molecule has 1 aromatic carbocycles. The van der Waals surface area contributed by atoms with Gasteiger partial charge < -0.3 is 10.5 Å². The van der Waals surface area contributed by atoms with Crippen LogP contribution in [0.1, 0.15) is 18.9 Å². The average molecular weight is 260 g/mol. The third-order valence-corrected chi connectivity index (χ3v) is 2.93. The second-order valence-corrected chi connectivity index (χ2v) is 4.92. The molecule has 2 nitrogen and oxygen atoms in total. The third-order valence-electron chi connectivity index (χ3n) is 2.64. The van der Waals surface area contributed by atoms with Gasteiger partial charge in [-0.1, -0.05) is 24.6 Å². The van der Waals surface area contributed by atoms with Crippen LogP contribution in [0.25, 0.3) is 0 Å². The number of methoxy groups -OCH3 is 1. The minimum atomic E-state index is -0.392. The fraction of sp³-hybridized carbons (Fsp3) is 0.538. The number of benzene rings is 1. The first kappa shape index (κ1) is 14.4. The van der Waals surface area contributed by atoms with Crippen molar-refractivity contribution in [2.75, 3.05) is 13.7 Å². The van der Waals surface area contributed by atoms with Crippen LogP contribution in [0.15, 0.2) is 18.2 Å². The summed E-state index contributed by atoms with van der Waals surface area (Å²) in [5, 5.41) is 0.152. The van der Waals surface area contributed by atoms with Gasteiger partial charge >= 0.3 is 0 Å². The van der Waals surface area contributed by atoms with Gasteiger partial charge in [0.15, 0.2) is 0 Å². The SMILES string of the molecule is COCC(C)CC(N)Cc1ccc(F)c(Cl)c1. The molecule has 17 heavy (non-hydrogen) atoms. The smallest absolute Gasteiger partial charge is 0.141 e. The van der Waals surface area contributed by atoms with Crippen molar-refractivity contribution in [1.29, 1.82) is 0 Å².